The second-order valence-corrected chi connectivity index (χ2v) is 4.68. The molecule has 98 valence electrons. The minimum absolute atomic E-state index is 0.202. The zero-order valence-electron chi connectivity index (χ0n) is 10.5. The summed E-state index contributed by atoms with van der Waals surface area (Å²) >= 11 is 0. The molecule has 1 heterocycles. The predicted octanol–water partition coefficient (Wildman–Crippen LogP) is -0.321. The van der Waals surface area contributed by atoms with E-state index in [0.29, 0.717) is 32.5 Å². The van der Waals surface area contributed by atoms with Gasteiger partial charge in [0.2, 0.25) is 5.91 Å². The molecular formula is C11H21N3O3. The fourth-order valence-corrected chi connectivity index (χ4v) is 1.77. The molecule has 0 spiro atoms. The van der Waals surface area contributed by atoms with Gasteiger partial charge in [-0.15, -0.1) is 0 Å². The Kier molecular flexibility index (Phi) is 4.89. The van der Waals surface area contributed by atoms with E-state index in [0.717, 1.165) is 0 Å². The van der Waals surface area contributed by atoms with Gasteiger partial charge in [-0.05, 0) is 26.7 Å². The largest absolute Gasteiger partial charge is 0.390 e. The summed E-state index contributed by atoms with van der Waals surface area (Å²) in [5.74, 6) is -0.308. The zero-order valence-corrected chi connectivity index (χ0v) is 10.5. The summed E-state index contributed by atoms with van der Waals surface area (Å²) in [6, 6.07) is -0.457. The van der Waals surface area contributed by atoms with Gasteiger partial charge in [0.1, 0.15) is 0 Å². The summed E-state index contributed by atoms with van der Waals surface area (Å²) < 4.78 is 0. The number of nitrogens with one attached hydrogen (secondary N) is 2. The van der Waals surface area contributed by atoms with E-state index >= 15 is 0 Å². The van der Waals surface area contributed by atoms with Crippen molar-refractivity contribution in [1.29, 1.82) is 0 Å². The van der Waals surface area contributed by atoms with Crippen LogP contribution in [0.3, 0.4) is 0 Å². The predicted molar refractivity (Wildman–Crippen MR) is 63.5 cm³/mol. The Morgan fingerprint density at radius 2 is 1.94 bits per heavy atom. The number of nitrogens with zero attached hydrogens (tertiary/aromatic N) is 1. The Labute approximate surface area is 101 Å². The van der Waals surface area contributed by atoms with Crippen LogP contribution in [0.2, 0.25) is 0 Å². The summed E-state index contributed by atoms with van der Waals surface area (Å²) in [6.45, 7) is 5.64. The number of rotatable bonds is 3. The third-order valence-corrected chi connectivity index (χ3v) is 2.89. The number of piperidine rings is 1. The second kappa shape index (κ2) is 5.97. The van der Waals surface area contributed by atoms with Crippen LogP contribution in [0, 0.1) is 0 Å². The highest BCUT2D eigenvalue weighted by atomic mass is 16.3. The molecule has 1 rings (SSSR count). The lowest BCUT2D eigenvalue weighted by Crippen LogP contribution is -2.48. The van der Waals surface area contributed by atoms with Crippen LogP contribution in [0.4, 0.5) is 4.79 Å². The topological polar surface area (TPSA) is 81.7 Å². The van der Waals surface area contributed by atoms with Crippen molar-refractivity contribution in [2.45, 2.75) is 32.3 Å². The fraction of sp³-hybridized carbons (Fsp3) is 0.818. The number of aliphatic hydroxyl groups is 1. The molecule has 1 saturated heterocycles. The molecule has 0 aromatic heterocycles. The number of carbonyl (C=O) groups is 2. The maximum Gasteiger partial charge on any atom is 0.321 e. The van der Waals surface area contributed by atoms with E-state index < -0.39 is 11.6 Å². The van der Waals surface area contributed by atoms with Crippen molar-refractivity contribution in [3.05, 3.63) is 0 Å². The summed E-state index contributed by atoms with van der Waals surface area (Å²) in [6.07, 6.45) is 1.31. The van der Waals surface area contributed by atoms with Gasteiger partial charge in [0, 0.05) is 19.6 Å². The van der Waals surface area contributed by atoms with Crippen LogP contribution in [-0.4, -0.2) is 53.7 Å². The summed E-state index contributed by atoms with van der Waals surface area (Å²) in [4.78, 5) is 24.5. The molecule has 0 bridgehead atoms. The molecule has 3 amide bonds. The first kappa shape index (κ1) is 13.9. The maximum absolute atomic E-state index is 11.5. The third-order valence-electron chi connectivity index (χ3n) is 2.89. The van der Waals surface area contributed by atoms with Crippen molar-refractivity contribution in [2.24, 2.45) is 0 Å². The van der Waals surface area contributed by atoms with Gasteiger partial charge in [-0.2, -0.15) is 0 Å². The molecule has 6 nitrogen and oxygen atoms in total. The molecule has 0 unspecified atom stereocenters. The van der Waals surface area contributed by atoms with E-state index in [1.54, 1.807) is 13.8 Å². The van der Waals surface area contributed by atoms with Crippen molar-refractivity contribution in [2.75, 3.05) is 26.2 Å². The molecule has 3 N–H and O–H groups in total. The van der Waals surface area contributed by atoms with Crippen molar-refractivity contribution in [3.8, 4) is 0 Å². The number of imide groups is 1. The normalized spacial score (nSPS) is 19.7. The first-order valence-electron chi connectivity index (χ1n) is 5.95. The number of amides is 3. The lowest BCUT2D eigenvalue weighted by molar-refractivity contribution is -0.122. The van der Waals surface area contributed by atoms with Crippen LogP contribution < -0.4 is 10.6 Å². The van der Waals surface area contributed by atoms with Crippen molar-refractivity contribution < 1.29 is 14.7 Å². The Balaban J connectivity index is 2.26. The molecule has 1 fully saturated rings. The molecule has 0 radical (unpaired) electrons. The van der Waals surface area contributed by atoms with Gasteiger partial charge in [0.05, 0.1) is 12.1 Å². The highest BCUT2D eigenvalue weighted by Crippen LogP contribution is 2.20. The van der Waals surface area contributed by atoms with Gasteiger partial charge in [-0.25, -0.2) is 4.79 Å². The van der Waals surface area contributed by atoms with Crippen LogP contribution in [-0.2, 0) is 4.79 Å². The first-order chi connectivity index (χ1) is 7.93. The van der Waals surface area contributed by atoms with Gasteiger partial charge in [0.15, 0.2) is 0 Å². The Hall–Kier alpha value is -1.14. The second-order valence-electron chi connectivity index (χ2n) is 4.68. The molecule has 1 aliphatic rings. The average Bonchev–Trinajstić information content (AvgIpc) is 2.21. The molecular weight excluding hydrogens is 222 g/mol. The molecule has 0 aromatic carbocycles. The number of urea groups is 1. The van der Waals surface area contributed by atoms with Crippen LogP contribution in [0.25, 0.3) is 0 Å². The highest BCUT2D eigenvalue weighted by Gasteiger charge is 2.28. The maximum atomic E-state index is 11.5. The van der Waals surface area contributed by atoms with E-state index in [-0.39, 0.29) is 12.5 Å². The first-order valence-corrected chi connectivity index (χ1v) is 5.95. The van der Waals surface area contributed by atoms with E-state index in [1.165, 1.54) is 0 Å². The van der Waals surface area contributed by atoms with E-state index in [1.807, 2.05) is 4.90 Å². The van der Waals surface area contributed by atoms with Gasteiger partial charge in [-0.1, -0.05) is 0 Å². The number of hydrogen-bond acceptors (Lipinski definition) is 4. The van der Waals surface area contributed by atoms with Crippen molar-refractivity contribution >= 4 is 11.9 Å². The molecule has 0 aliphatic carbocycles. The van der Waals surface area contributed by atoms with Gasteiger partial charge in [0.25, 0.3) is 0 Å². The smallest absolute Gasteiger partial charge is 0.321 e. The molecule has 0 aromatic rings. The summed E-state index contributed by atoms with van der Waals surface area (Å²) in [7, 11) is 0. The minimum atomic E-state index is -0.618. The Morgan fingerprint density at radius 1 is 1.35 bits per heavy atom. The molecule has 1 aliphatic heterocycles. The van der Waals surface area contributed by atoms with Gasteiger partial charge in [-0.3, -0.25) is 15.0 Å². The quantitative estimate of drug-likeness (QED) is 0.634. The lowest BCUT2D eigenvalue weighted by atomic mass is 9.94. The van der Waals surface area contributed by atoms with E-state index in [9.17, 15) is 14.7 Å². The van der Waals surface area contributed by atoms with E-state index in [2.05, 4.69) is 10.6 Å². The molecule has 17 heavy (non-hydrogen) atoms. The lowest BCUT2D eigenvalue weighted by Gasteiger charge is -2.35. The Bertz CT molecular complexity index is 282. The van der Waals surface area contributed by atoms with Gasteiger partial charge >= 0.3 is 6.03 Å². The fourth-order valence-electron chi connectivity index (χ4n) is 1.77. The van der Waals surface area contributed by atoms with E-state index in [4.69, 9.17) is 0 Å². The van der Waals surface area contributed by atoms with Crippen LogP contribution in [0.5, 0.6) is 0 Å². The third kappa shape index (κ3) is 5.14. The SMILES string of the molecule is CCNC(=O)NC(=O)CN1CCC(C)(O)CC1. The van der Waals surface area contributed by atoms with Crippen LogP contribution in [0.1, 0.15) is 26.7 Å². The monoisotopic (exact) mass is 243 g/mol. The standard InChI is InChI=1S/C11H21N3O3/c1-3-12-10(16)13-9(15)8-14-6-4-11(2,17)5-7-14/h17H,3-8H2,1-2H3,(H2,12,13,15,16). The molecule has 0 atom stereocenters. The summed E-state index contributed by atoms with van der Waals surface area (Å²) in [5.41, 5.74) is -0.618. The molecule has 6 heteroatoms. The average molecular weight is 243 g/mol. The minimum Gasteiger partial charge on any atom is -0.390 e. The van der Waals surface area contributed by atoms with Crippen molar-refractivity contribution in [3.63, 3.8) is 0 Å². The number of hydrogen-bond donors (Lipinski definition) is 3. The highest BCUT2D eigenvalue weighted by molar-refractivity contribution is 5.95. The number of likely N-dealkylation sites (tertiary alicyclic amines) is 1. The van der Waals surface area contributed by atoms with Crippen LogP contribution in [0.15, 0.2) is 0 Å². The summed E-state index contributed by atoms with van der Waals surface area (Å²) in [5, 5.41) is 14.5. The number of carbonyl (C=O) groups excluding carboxylic acids is 2. The van der Waals surface area contributed by atoms with Gasteiger partial charge < -0.3 is 10.4 Å². The Morgan fingerprint density at radius 3 is 2.47 bits per heavy atom. The van der Waals surface area contributed by atoms with Crippen LogP contribution >= 0.6 is 0 Å². The zero-order chi connectivity index (χ0) is 12.9. The molecule has 0 saturated carbocycles. The van der Waals surface area contributed by atoms with Crippen molar-refractivity contribution in [1.82, 2.24) is 15.5 Å².